The van der Waals surface area contributed by atoms with Crippen LogP contribution in [0.25, 0.3) is 11.4 Å². The van der Waals surface area contributed by atoms with E-state index in [2.05, 4.69) is 56.1 Å². The zero-order valence-electron chi connectivity index (χ0n) is 16.0. The Hall–Kier alpha value is -2.46. The molecule has 25 heavy (non-hydrogen) atoms. The minimum atomic E-state index is 0.147. The number of rotatable bonds is 2. The molecular formula is C21H30N4. The second kappa shape index (κ2) is 8.08. The van der Waals surface area contributed by atoms with Crippen molar-refractivity contribution < 1.29 is 0 Å². The first-order chi connectivity index (χ1) is 12.0. The van der Waals surface area contributed by atoms with Crippen LogP contribution >= 0.6 is 0 Å². The van der Waals surface area contributed by atoms with Gasteiger partial charge in [0.15, 0.2) is 0 Å². The van der Waals surface area contributed by atoms with Gasteiger partial charge in [-0.2, -0.15) is 0 Å². The van der Waals surface area contributed by atoms with Crippen LogP contribution in [0.4, 0.5) is 5.69 Å². The molecule has 0 amide bonds. The van der Waals surface area contributed by atoms with Gasteiger partial charge < -0.3 is 15.6 Å². The number of fused-ring (bicyclic) bond motifs is 2. The van der Waals surface area contributed by atoms with Gasteiger partial charge in [-0.15, -0.1) is 0 Å². The molecule has 0 atom stereocenters. The Bertz CT molecular complexity index is 749. The van der Waals surface area contributed by atoms with Gasteiger partial charge in [-0.05, 0) is 25.5 Å². The summed E-state index contributed by atoms with van der Waals surface area (Å²) in [6.07, 6.45) is 0. The molecule has 1 heterocycles. The van der Waals surface area contributed by atoms with Crippen molar-refractivity contribution >= 4 is 17.1 Å². The van der Waals surface area contributed by atoms with Gasteiger partial charge in [0.1, 0.15) is 0 Å². The number of para-hydroxylation sites is 1. The topological polar surface area (TPSA) is 58.5 Å². The Labute approximate surface area is 151 Å². The molecule has 4 N–H and O–H groups in total. The van der Waals surface area contributed by atoms with Crippen LogP contribution in [-0.4, -0.2) is 18.1 Å². The summed E-state index contributed by atoms with van der Waals surface area (Å²) in [6.45, 7) is 8.95. The van der Waals surface area contributed by atoms with Crippen molar-refractivity contribution in [2.45, 2.75) is 40.3 Å². The lowest BCUT2D eigenvalue weighted by Gasteiger charge is -2.34. The number of anilines is 1. The van der Waals surface area contributed by atoms with Gasteiger partial charge in [-0.25, -0.2) is 5.84 Å². The lowest BCUT2D eigenvalue weighted by Crippen LogP contribution is -2.38. The minimum Gasteiger partial charge on any atom is -0.396 e. The van der Waals surface area contributed by atoms with Crippen LogP contribution in [-0.2, 0) is 6.54 Å². The van der Waals surface area contributed by atoms with Gasteiger partial charge in [0.2, 0.25) is 0 Å². The summed E-state index contributed by atoms with van der Waals surface area (Å²) in [5.74, 6) is 6.40. The second-order valence-corrected chi connectivity index (χ2v) is 6.29. The third kappa shape index (κ3) is 3.64. The van der Waals surface area contributed by atoms with Crippen LogP contribution in [0, 0.1) is 0 Å². The summed E-state index contributed by atoms with van der Waals surface area (Å²) in [6, 6.07) is 16.7. The van der Waals surface area contributed by atoms with Crippen LogP contribution < -0.4 is 16.5 Å². The van der Waals surface area contributed by atoms with Crippen molar-refractivity contribution in [3.63, 3.8) is 0 Å². The molecule has 0 saturated carbocycles. The van der Waals surface area contributed by atoms with E-state index in [4.69, 9.17) is 11.6 Å². The van der Waals surface area contributed by atoms with Gasteiger partial charge in [-0.3, -0.25) is 0 Å². The Balaban J connectivity index is 0.00000109. The van der Waals surface area contributed by atoms with Crippen LogP contribution in [0.15, 0.2) is 48.5 Å². The molecule has 1 aliphatic heterocycles. The summed E-state index contributed by atoms with van der Waals surface area (Å²) in [7, 11) is 2.10. The molecule has 2 aromatic rings. The summed E-state index contributed by atoms with van der Waals surface area (Å²) in [5, 5.41) is 1.77. The molecule has 0 spiro atoms. The minimum absolute atomic E-state index is 0.147. The number of hydrazine groups is 1. The molecule has 4 heteroatoms. The summed E-state index contributed by atoms with van der Waals surface area (Å²) >= 11 is 0. The Morgan fingerprint density at radius 1 is 0.960 bits per heavy atom. The fourth-order valence-electron chi connectivity index (χ4n) is 3.08. The molecule has 0 aromatic heterocycles. The van der Waals surface area contributed by atoms with Gasteiger partial charge in [0.25, 0.3) is 0 Å². The van der Waals surface area contributed by atoms with Crippen molar-refractivity contribution in [3.05, 3.63) is 65.2 Å². The number of benzene rings is 2. The SMILES string of the molecule is CC.CC(C)N(N)/C1=C(\N)c2ccccc2CN(C)c2ccccc21. The smallest absolute Gasteiger partial charge is 0.0849 e. The normalized spacial score (nSPS) is 16.2. The van der Waals surface area contributed by atoms with E-state index >= 15 is 0 Å². The molecule has 0 bridgehead atoms. The van der Waals surface area contributed by atoms with E-state index in [1.807, 2.05) is 32.0 Å². The Morgan fingerprint density at radius 3 is 2.16 bits per heavy atom. The zero-order valence-corrected chi connectivity index (χ0v) is 16.0. The maximum Gasteiger partial charge on any atom is 0.0849 e. The predicted octanol–water partition coefficient (Wildman–Crippen LogP) is 4.03. The van der Waals surface area contributed by atoms with Gasteiger partial charge in [0, 0.05) is 36.4 Å². The molecule has 0 fully saturated rings. The molecule has 0 radical (unpaired) electrons. The molecule has 2 aromatic carbocycles. The highest BCUT2D eigenvalue weighted by molar-refractivity contribution is 5.93. The summed E-state index contributed by atoms with van der Waals surface area (Å²) < 4.78 is 0. The second-order valence-electron chi connectivity index (χ2n) is 6.29. The van der Waals surface area contributed by atoms with Crippen LogP contribution in [0.3, 0.4) is 0 Å². The van der Waals surface area contributed by atoms with Crippen molar-refractivity contribution in [1.29, 1.82) is 0 Å². The standard InChI is InChI=1S/C19H24N4.C2H6/c1-13(2)23(21)19-16-10-6-7-11-17(16)22(3)12-14-8-4-5-9-15(14)18(19)20;1-2/h4-11,13H,12,20-21H2,1-3H3;1-2H3/b19-18-;. The number of nitrogens with two attached hydrogens (primary N) is 2. The van der Waals surface area contributed by atoms with Crippen LogP contribution in [0.1, 0.15) is 44.4 Å². The van der Waals surface area contributed by atoms with Crippen LogP contribution in [0.2, 0.25) is 0 Å². The van der Waals surface area contributed by atoms with Gasteiger partial charge in [-0.1, -0.05) is 56.3 Å². The highest BCUT2D eigenvalue weighted by Crippen LogP contribution is 2.36. The molecule has 0 aliphatic carbocycles. The largest absolute Gasteiger partial charge is 0.396 e. The van der Waals surface area contributed by atoms with E-state index in [1.54, 1.807) is 5.01 Å². The van der Waals surface area contributed by atoms with Crippen molar-refractivity contribution in [2.24, 2.45) is 11.6 Å². The number of hydrogen-bond donors (Lipinski definition) is 2. The molecule has 134 valence electrons. The summed E-state index contributed by atoms with van der Waals surface area (Å²) in [4.78, 5) is 2.24. The first-order valence-corrected chi connectivity index (χ1v) is 8.93. The fourth-order valence-corrected chi connectivity index (χ4v) is 3.08. The van der Waals surface area contributed by atoms with Crippen molar-refractivity contribution in [2.75, 3.05) is 11.9 Å². The predicted molar refractivity (Wildman–Crippen MR) is 109 cm³/mol. The van der Waals surface area contributed by atoms with E-state index in [0.717, 1.165) is 34.8 Å². The summed E-state index contributed by atoms with van der Waals surface area (Å²) in [5.41, 5.74) is 12.7. The van der Waals surface area contributed by atoms with Crippen LogP contribution in [0.5, 0.6) is 0 Å². The molecule has 1 aliphatic rings. The number of nitrogens with zero attached hydrogens (tertiary/aromatic N) is 2. The fraction of sp³-hybridized carbons (Fsp3) is 0.333. The highest BCUT2D eigenvalue weighted by Gasteiger charge is 2.24. The highest BCUT2D eigenvalue weighted by atomic mass is 15.4. The quantitative estimate of drug-likeness (QED) is 0.641. The molecule has 3 rings (SSSR count). The Kier molecular flexibility index (Phi) is 6.10. The maximum atomic E-state index is 6.60. The number of hydrogen-bond acceptors (Lipinski definition) is 4. The first-order valence-electron chi connectivity index (χ1n) is 8.93. The van der Waals surface area contributed by atoms with Crippen molar-refractivity contribution in [1.82, 2.24) is 5.01 Å². The van der Waals surface area contributed by atoms with E-state index < -0.39 is 0 Å². The molecular weight excluding hydrogens is 308 g/mol. The molecule has 4 nitrogen and oxygen atoms in total. The lowest BCUT2D eigenvalue weighted by molar-refractivity contribution is 0.343. The molecule has 0 unspecified atom stereocenters. The average molecular weight is 338 g/mol. The van der Waals surface area contributed by atoms with E-state index in [-0.39, 0.29) is 6.04 Å². The third-order valence-electron chi connectivity index (χ3n) is 4.36. The van der Waals surface area contributed by atoms with E-state index in [1.165, 1.54) is 5.56 Å². The average Bonchev–Trinajstić information content (AvgIpc) is 2.63. The van der Waals surface area contributed by atoms with Gasteiger partial charge >= 0.3 is 0 Å². The third-order valence-corrected chi connectivity index (χ3v) is 4.36. The van der Waals surface area contributed by atoms with E-state index in [9.17, 15) is 0 Å². The first kappa shape index (κ1) is 18.9. The lowest BCUT2D eigenvalue weighted by atomic mass is 9.96. The molecule has 0 saturated heterocycles. The maximum absolute atomic E-state index is 6.60. The van der Waals surface area contributed by atoms with Crippen molar-refractivity contribution in [3.8, 4) is 0 Å². The Morgan fingerprint density at radius 2 is 1.52 bits per heavy atom. The monoisotopic (exact) mass is 338 g/mol. The van der Waals surface area contributed by atoms with E-state index in [0.29, 0.717) is 0 Å². The zero-order chi connectivity index (χ0) is 18.6. The van der Waals surface area contributed by atoms with Gasteiger partial charge in [0.05, 0.1) is 11.4 Å².